The van der Waals surface area contributed by atoms with Gasteiger partial charge in [0, 0.05) is 37.8 Å². The molecule has 5 rings (SSSR count). The maximum Gasteiger partial charge on any atom is 0.229 e. The molecule has 1 N–H and O–H groups in total. The number of anilines is 3. The van der Waals surface area contributed by atoms with E-state index in [4.69, 9.17) is 33.7 Å². The summed E-state index contributed by atoms with van der Waals surface area (Å²) in [5.74, 6) is 3.52. The second kappa shape index (κ2) is 12.0. The lowest BCUT2D eigenvalue weighted by Gasteiger charge is -2.27. The molecule has 4 aromatic rings. The van der Waals surface area contributed by atoms with Crippen molar-refractivity contribution in [2.24, 2.45) is 0 Å². The van der Waals surface area contributed by atoms with E-state index in [9.17, 15) is 0 Å². The van der Waals surface area contributed by atoms with Crippen molar-refractivity contribution < 1.29 is 23.7 Å². The van der Waals surface area contributed by atoms with Gasteiger partial charge in [0.25, 0.3) is 0 Å². The van der Waals surface area contributed by atoms with Gasteiger partial charge in [-0.3, -0.25) is 0 Å². The quantitative estimate of drug-likeness (QED) is 0.297. The van der Waals surface area contributed by atoms with Crippen LogP contribution in [0.4, 0.5) is 17.5 Å². The summed E-state index contributed by atoms with van der Waals surface area (Å²) in [6.45, 7) is 1.83. The highest BCUT2D eigenvalue weighted by Crippen LogP contribution is 2.39. The van der Waals surface area contributed by atoms with Crippen LogP contribution in [0.1, 0.15) is 18.4 Å². The van der Waals surface area contributed by atoms with Gasteiger partial charge in [-0.05, 0) is 54.8 Å². The molecule has 1 fully saturated rings. The van der Waals surface area contributed by atoms with Crippen LogP contribution in [0.25, 0.3) is 11.2 Å². The van der Waals surface area contributed by atoms with Gasteiger partial charge in [0.15, 0.2) is 28.5 Å². The SMILES string of the molecule is COc1ccc(Nc2nc(N(Cc3cc(OC)c(OC)c(OC)c3)C[C@H]3CCCO3)nc3nccnc23)cc1. The molecular weight excluding hydrogens is 500 g/mol. The van der Waals surface area contributed by atoms with Gasteiger partial charge >= 0.3 is 0 Å². The average molecular weight is 533 g/mol. The fourth-order valence-electron chi connectivity index (χ4n) is 4.59. The number of methoxy groups -OCH3 is 4. The van der Waals surface area contributed by atoms with Gasteiger partial charge in [-0.15, -0.1) is 0 Å². The Bertz CT molecular complexity index is 1390. The van der Waals surface area contributed by atoms with E-state index < -0.39 is 0 Å². The highest BCUT2D eigenvalue weighted by atomic mass is 16.5. The second-order valence-electron chi connectivity index (χ2n) is 9.00. The van der Waals surface area contributed by atoms with Gasteiger partial charge in [-0.1, -0.05) is 0 Å². The zero-order valence-corrected chi connectivity index (χ0v) is 22.5. The fourth-order valence-corrected chi connectivity index (χ4v) is 4.59. The van der Waals surface area contributed by atoms with Crippen LogP contribution >= 0.6 is 0 Å². The topological polar surface area (TPSA) is 113 Å². The number of fused-ring (bicyclic) bond motifs is 1. The van der Waals surface area contributed by atoms with Crippen LogP contribution in [0.3, 0.4) is 0 Å². The maximum absolute atomic E-state index is 5.98. The molecule has 2 aromatic carbocycles. The summed E-state index contributed by atoms with van der Waals surface area (Å²) in [5, 5.41) is 3.38. The van der Waals surface area contributed by atoms with Gasteiger partial charge in [-0.2, -0.15) is 9.97 Å². The van der Waals surface area contributed by atoms with Crippen molar-refractivity contribution >= 4 is 28.6 Å². The van der Waals surface area contributed by atoms with Crippen molar-refractivity contribution in [3.8, 4) is 23.0 Å². The van der Waals surface area contributed by atoms with E-state index >= 15 is 0 Å². The first-order chi connectivity index (χ1) is 19.1. The third kappa shape index (κ3) is 5.88. The monoisotopic (exact) mass is 532 g/mol. The third-order valence-corrected chi connectivity index (χ3v) is 6.50. The van der Waals surface area contributed by atoms with E-state index in [2.05, 4.69) is 20.2 Å². The average Bonchev–Trinajstić information content (AvgIpc) is 3.49. The van der Waals surface area contributed by atoms with E-state index in [1.807, 2.05) is 36.4 Å². The molecule has 0 bridgehead atoms. The first-order valence-corrected chi connectivity index (χ1v) is 12.7. The standard InChI is InChI=1S/C28H32N6O5/c1-35-20-9-7-19(8-10-20)31-27-24-26(30-12-11-29-24)32-28(33-27)34(17-21-6-5-13-39-21)16-18-14-22(36-2)25(38-4)23(15-18)37-3/h7-12,14-15,21H,5-6,13,16-17H2,1-4H3,(H,30,31,32,33)/t21-/m1/s1. The van der Waals surface area contributed by atoms with E-state index in [1.54, 1.807) is 40.8 Å². The molecule has 0 unspecified atom stereocenters. The molecule has 0 spiro atoms. The van der Waals surface area contributed by atoms with Gasteiger partial charge < -0.3 is 33.9 Å². The zero-order chi connectivity index (χ0) is 27.2. The third-order valence-electron chi connectivity index (χ3n) is 6.50. The van der Waals surface area contributed by atoms with Crippen molar-refractivity contribution in [1.29, 1.82) is 0 Å². The van der Waals surface area contributed by atoms with E-state index in [1.165, 1.54) is 0 Å². The molecule has 11 heteroatoms. The summed E-state index contributed by atoms with van der Waals surface area (Å²) in [6, 6.07) is 11.5. The number of benzene rings is 2. The van der Waals surface area contributed by atoms with Crippen molar-refractivity contribution in [2.45, 2.75) is 25.5 Å². The Balaban J connectivity index is 1.55. The maximum atomic E-state index is 5.98. The van der Waals surface area contributed by atoms with Crippen LogP contribution < -0.4 is 29.2 Å². The van der Waals surface area contributed by atoms with Crippen LogP contribution in [-0.2, 0) is 11.3 Å². The molecular formula is C28H32N6O5. The number of aromatic nitrogens is 4. The van der Waals surface area contributed by atoms with Crippen LogP contribution in [0.5, 0.6) is 23.0 Å². The Hall–Kier alpha value is -4.38. The number of hydrogen-bond acceptors (Lipinski definition) is 11. The van der Waals surface area contributed by atoms with Crippen LogP contribution in [0, 0.1) is 0 Å². The highest BCUT2D eigenvalue weighted by molar-refractivity contribution is 5.85. The highest BCUT2D eigenvalue weighted by Gasteiger charge is 2.24. The minimum Gasteiger partial charge on any atom is -0.497 e. The molecule has 1 aliphatic heterocycles. The van der Waals surface area contributed by atoms with E-state index in [0.29, 0.717) is 53.3 Å². The van der Waals surface area contributed by atoms with Crippen molar-refractivity contribution in [2.75, 3.05) is 51.8 Å². The normalized spacial score (nSPS) is 14.7. The Kier molecular flexibility index (Phi) is 8.07. The van der Waals surface area contributed by atoms with Crippen molar-refractivity contribution in [3.05, 3.63) is 54.4 Å². The molecule has 11 nitrogen and oxygen atoms in total. The lowest BCUT2D eigenvalue weighted by atomic mass is 10.1. The molecule has 0 aliphatic carbocycles. The molecule has 1 saturated heterocycles. The van der Waals surface area contributed by atoms with Crippen molar-refractivity contribution in [3.63, 3.8) is 0 Å². The Labute approximate surface area is 227 Å². The van der Waals surface area contributed by atoms with Gasteiger partial charge in [0.2, 0.25) is 11.7 Å². The predicted molar refractivity (Wildman–Crippen MR) is 148 cm³/mol. The summed E-state index contributed by atoms with van der Waals surface area (Å²) < 4.78 is 27.9. The smallest absolute Gasteiger partial charge is 0.229 e. The van der Waals surface area contributed by atoms with Crippen molar-refractivity contribution in [1.82, 2.24) is 19.9 Å². The summed E-state index contributed by atoms with van der Waals surface area (Å²) >= 11 is 0. The van der Waals surface area contributed by atoms with E-state index in [0.717, 1.165) is 36.4 Å². The molecule has 0 radical (unpaired) electrons. The summed E-state index contributed by atoms with van der Waals surface area (Å²) in [7, 11) is 6.44. The van der Waals surface area contributed by atoms with Crippen LogP contribution in [0.2, 0.25) is 0 Å². The molecule has 1 atom stereocenters. The first kappa shape index (κ1) is 26.2. The molecule has 39 heavy (non-hydrogen) atoms. The number of rotatable bonds is 11. The first-order valence-electron chi connectivity index (χ1n) is 12.7. The second-order valence-corrected chi connectivity index (χ2v) is 9.00. The number of nitrogens with zero attached hydrogens (tertiary/aromatic N) is 5. The van der Waals surface area contributed by atoms with Crippen LogP contribution in [-0.4, -0.2) is 67.6 Å². The summed E-state index contributed by atoms with van der Waals surface area (Å²) in [4.78, 5) is 20.8. The van der Waals surface area contributed by atoms with E-state index in [-0.39, 0.29) is 6.10 Å². The Morgan fingerprint density at radius 1 is 0.923 bits per heavy atom. The zero-order valence-electron chi connectivity index (χ0n) is 22.5. The molecule has 3 heterocycles. The summed E-state index contributed by atoms with van der Waals surface area (Å²) in [6.07, 6.45) is 5.31. The molecule has 204 valence electrons. The number of ether oxygens (including phenoxy) is 5. The predicted octanol–water partition coefficient (Wildman–Crippen LogP) is 4.38. The Morgan fingerprint density at radius 2 is 1.67 bits per heavy atom. The lowest BCUT2D eigenvalue weighted by Crippen LogP contribution is -2.33. The van der Waals surface area contributed by atoms with Gasteiger partial charge in [-0.25, -0.2) is 9.97 Å². The lowest BCUT2D eigenvalue weighted by molar-refractivity contribution is 0.115. The number of hydrogen-bond donors (Lipinski definition) is 1. The Morgan fingerprint density at radius 3 is 2.31 bits per heavy atom. The van der Waals surface area contributed by atoms with Gasteiger partial charge in [0.05, 0.1) is 34.5 Å². The van der Waals surface area contributed by atoms with Crippen LogP contribution in [0.15, 0.2) is 48.8 Å². The summed E-state index contributed by atoms with van der Waals surface area (Å²) in [5.41, 5.74) is 2.83. The minimum absolute atomic E-state index is 0.0613. The van der Waals surface area contributed by atoms with Gasteiger partial charge in [0.1, 0.15) is 5.75 Å². The number of nitrogens with one attached hydrogen (secondary N) is 1. The fraction of sp³-hybridized carbons (Fsp3) is 0.357. The molecule has 1 aliphatic rings. The molecule has 0 saturated carbocycles. The largest absolute Gasteiger partial charge is 0.497 e. The molecule has 0 amide bonds. The molecule has 2 aromatic heterocycles. The minimum atomic E-state index is 0.0613.